The van der Waals surface area contributed by atoms with E-state index in [1.807, 2.05) is 73.0 Å². The molecule has 0 aliphatic carbocycles. The van der Waals surface area contributed by atoms with Crippen molar-refractivity contribution in [2.45, 2.75) is 57.5 Å². The summed E-state index contributed by atoms with van der Waals surface area (Å²) in [5.74, 6) is -3.52. The molecule has 0 spiro atoms. The number of nitrogens with zero attached hydrogens (tertiary/aromatic N) is 6. The summed E-state index contributed by atoms with van der Waals surface area (Å²) in [5.41, 5.74) is 14.6. The Kier molecular flexibility index (Phi) is 16.6. The minimum atomic E-state index is -1.26. The van der Waals surface area contributed by atoms with Crippen LogP contribution in [0.1, 0.15) is 84.7 Å². The van der Waals surface area contributed by atoms with Gasteiger partial charge in [-0.05, 0) is 54.8 Å². The zero-order valence-corrected chi connectivity index (χ0v) is 44.0. The number of pyridine rings is 1. The third-order valence-electron chi connectivity index (χ3n) is 11.7. The van der Waals surface area contributed by atoms with Crippen molar-refractivity contribution in [1.29, 1.82) is 0 Å². The van der Waals surface area contributed by atoms with Crippen LogP contribution in [0.2, 0.25) is 0 Å². The fourth-order valence-corrected chi connectivity index (χ4v) is 11.2. The van der Waals surface area contributed by atoms with Crippen molar-refractivity contribution in [3.05, 3.63) is 163 Å². The van der Waals surface area contributed by atoms with Gasteiger partial charge in [0, 0.05) is 34.4 Å². The van der Waals surface area contributed by atoms with Gasteiger partial charge < -0.3 is 46.2 Å². The predicted molar refractivity (Wildman–Crippen MR) is 289 cm³/mol. The van der Waals surface area contributed by atoms with Crippen LogP contribution >= 0.6 is 45.3 Å². The number of rotatable bonds is 23. The molecule has 4 atom stereocenters. The van der Waals surface area contributed by atoms with Crippen LogP contribution in [0, 0.1) is 12.8 Å². The molecule has 6 aromatic heterocycles. The fraction of sp³-hybridized carbons (Fsp3) is 0.189. The lowest BCUT2D eigenvalue weighted by Crippen LogP contribution is -2.42. The van der Waals surface area contributed by atoms with Crippen molar-refractivity contribution in [1.82, 2.24) is 40.5 Å². The van der Waals surface area contributed by atoms with Gasteiger partial charge in [0.2, 0.25) is 18.1 Å². The Morgan fingerprint density at radius 2 is 1.29 bits per heavy atom. The molecule has 0 aliphatic heterocycles. The van der Waals surface area contributed by atoms with E-state index in [0.29, 0.717) is 61.2 Å². The number of nitrogens with two attached hydrogens (primary N) is 2. The topological polar surface area (TPSA) is 311 Å². The second-order valence-corrected chi connectivity index (χ2v) is 20.8. The van der Waals surface area contributed by atoms with Crippen molar-refractivity contribution in [2.75, 3.05) is 0 Å². The first kappa shape index (κ1) is 53.3. The highest BCUT2D eigenvalue weighted by molar-refractivity contribution is 7.14. The summed E-state index contributed by atoms with van der Waals surface area (Å²) in [6.07, 6.45) is -0.591. The van der Waals surface area contributed by atoms with Crippen molar-refractivity contribution in [3.8, 4) is 55.7 Å². The summed E-state index contributed by atoms with van der Waals surface area (Å²) in [7, 11) is 0. The number of carboxylic acid groups (broad SMARTS) is 2. The van der Waals surface area contributed by atoms with Gasteiger partial charge in [0.15, 0.2) is 11.4 Å². The maximum absolute atomic E-state index is 14.1. The SMILES string of the molecule is Cc1oc(-c2ccc(-c3nc(C(=O)O)cs3)nc2-c2csc(-c3csc(C(N)C(C)CC(Oc4ccccc4)Oc4ccccc4)n3)n2)nc1C(=O)NC(CC(N)=O)c1nc(C(=O)NC(Cc2ccccc2)C(=O)O)cs1. The molecular formula is C53H46N10O10S4. The number of aliphatic carboxylic acids is 1. The molecule has 3 amide bonds. The Balaban J connectivity index is 0.951. The number of carbonyl (C=O) groups excluding carboxylic acids is 3. The molecule has 0 fully saturated rings. The predicted octanol–water partition coefficient (Wildman–Crippen LogP) is 8.85. The number of aromatic carboxylic acids is 1. The summed E-state index contributed by atoms with van der Waals surface area (Å²) in [6, 6.07) is 28.0. The first-order chi connectivity index (χ1) is 37.1. The summed E-state index contributed by atoms with van der Waals surface area (Å²) < 4.78 is 18.7. The van der Waals surface area contributed by atoms with E-state index in [1.54, 1.807) is 47.8 Å². The highest BCUT2D eigenvalue weighted by Crippen LogP contribution is 2.38. The number of ether oxygens (including phenoxy) is 2. The van der Waals surface area contributed by atoms with E-state index < -0.39 is 60.5 Å². The largest absolute Gasteiger partial charge is 0.480 e. The van der Waals surface area contributed by atoms with Gasteiger partial charge in [-0.1, -0.05) is 73.7 Å². The van der Waals surface area contributed by atoms with E-state index in [4.69, 9.17) is 40.3 Å². The maximum Gasteiger partial charge on any atom is 0.355 e. The molecule has 0 saturated heterocycles. The number of benzene rings is 3. The van der Waals surface area contributed by atoms with Gasteiger partial charge in [-0.3, -0.25) is 14.4 Å². The summed E-state index contributed by atoms with van der Waals surface area (Å²) in [6.45, 7) is 3.54. The van der Waals surface area contributed by atoms with Crippen LogP contribution in [0.25, 0.3) is 44.2 Å². The van der Waals surface area contributed by atoms with Crippen LogP contribution in [-0.2, 0) is 16.0 Å². The van der Waals surface area contributed by atoms with Gasteiger partial charge in [0.05, 0.1) is 29.8 Å². The van der Waals surface area contributed by atoms with Crippen LogP contribution in [0.5, 0.6) is 11.5 Å². The van der Waals surface area contributed by atoms with E-state index in [-0.39, 0.29) is 51.8 Å². The molecule has 4 unspecified atom stereocenters. The van der Waals surface area contributed by atoms with Crippen LogP contribution in [-0.4, -0.2) is 82.1 Å². The molecule has 20 nitrogen and oxygen atoms in total. The van der Waals surface area contributed by atoms with E-state index in [0.717, 1.165) is 22.7 Å². The lowest BCUT2D eigenvalue weighted by atomic mass is 9.99. The van der Waals surface area contributed by atoms with Gasteiger partial charge >= 0.3 is 11.9 Å². The van der Waals surface area contributed by atoms with Crippen molar-refractivity contribution < 1.29 is 48.1 Å². The van der Waals surface area contributed by atoms with Gasteiger partial charge in [-0.2, -0.15) is 0 Å². The number of para-hydroxylation sites is 2. The van der Waals surface area contributed by atoms with Crippen molar-refractivity contribution in [2.24, 2.45) is 17.4 Å². The number of carbonyl (C=O) groups is 5. The second-order valence-electron chi connectivity index (χ2n) is 17.3. The summed E-state index contributed by atoms with van der Waals surface area (Å²) in [5, 5.41) is 32.8. The van der Waals surface area contributed by atoms with Crippen molar-refractivity contribution >= 4 is 75.0 Å². The Bertz CT molecular complexity index is 3510. The highest BCUT2D eigenvalue weighted by atomic mass is 32.1. The van der Waals surface area contributed by atoms with E-state index in [9.17, 15) is 34.2 Å². The minimum absolute atomic E-state index is 0.0218. The maximum atomic E-state index is 14.1. The average molecular weight is 1110 g/mol. The Morgan fingerprint density at radius 1 is 0.662 bits per heavy atom. The van der Waals surface area contributed by atoms with Crippen LogP contribution in [0.3, 0.4) is 0 Å². The molecule has 9 aromatic rings. The third-order valence-corrected chi connectivity index (χ3v) is 15.3. The number of aryl methyl sites for hydroxylation is 1. The number of aromatic nitrogens is 6. The molecular weight excluding hydrogens is 1060 g/mol. The zero-order valence-electron chi connectivity index (χ0n) is 40.8. The molecule has 392 valence electrons. The number of thiazole rings is 4. The summed E-state index contributed by atoms with van der Waals surface area (Å²) in [4.78, 5) is 91.4. The molecule has 8 N–H and O–H groups in total. The van der Waals surface area contributed by atoms with E-state index >= 15 is 0 Å². The van der Waals surface area contributed by atoms with Gasteiger partial charge in [0.1, 0.15) is 66.1 Å². The quantitative estimate of drug-likeness (QED) is 0.0326. The normalized spacial score (nSPS) is 12.8. The van der Waals surface area contributed by atoms with Crippen LogP contribution in [0.15, 0.2) is 129 Å². The number of hydrogen-bond acceptors (Lipinski definition) is 19. The first-order valence-corrected chi connectivity index (χ1v) is 27.1. The number of amides is 3. The Hall–Kier alpha value is -8.55. The highest BCUT2D eigenvalue weighted by Gasteiger charge is 2.30. The second kappa shape index (κ2) is 24.0. The van der Waals surface area contributed by atoms with E-state index in [1.165, 1.54) is 40.4 Å². The number of carboxylic acids is 2. The Morgan fingerprint density at radius 3 is 1.94 bits per heavy atom. The number of hydrogen-bond donors (Lipinski definition) is 6. The van der Waals surface area contributed by atoms with Crippen LogP contribution < -0.4 is 31.6 Å². The lowest BCUT2D eigenvalue weighted by Gasteiger charge is -2.25. The summed E-state index contributed by atoms with van der Waals surface area (Å²) >= 11 is 4.75. The molecule has 0 bridgehead atoms. The molecule has 6 heterocycles. The van der Waals surface area contributed by atoms with Gasteiger partial charge in [-0.15, -0.1) is 45.3 Å². The minimum Gasteiger partial charge on any atom is -0.480 e. The number of primary amides is 1. The molecule has 77 heavy (non-hydrogen) atoms. The van der Waals surface area contributed by atoms with Gasteiger partial charge in [-0.25, -0.2) is 39.5 Å². The molecule has 0 aliphatic rings. The third kappa shape index (κ3) is 13.1. The number of nitrogens with one attached hydrogen (secondary N) is 2. The fourth-order valence-electron chi connectivity index (χ4n) is 7.77. The van der Waals surface area contributed by atoms with E-state index in [2.05, 4.69) is 25.6 Å². The smallest absolute Gasteiger partial charge is 0.355 e. The lowest BCUT2D eigenvalue weighted by molar-refractivity contribution is -0.139. The molecule has 9 rings (SSSR count). The zero-order chi connectivity index (χ0) is 54.2. The first-order valence-electron chi connectivity index (χ1n) is 23.6. The molecule has 0 saturated carbocycles. The standard InChI is InChI=1S/C53H46N10O10S4/c1-27(20-41(72-30-14-8-4-9-15-30)73-31-16-10-5-11-17-31)42(55)51-61-38(25-77-51)50-59-36(23-74-50)44-32(18-19-33(56-44)48-62-39(26-76-48)53(69)70)47-63-43(28(2)71-47)46(66)57-34(22-40(54)64)49-60-37(24-75-49)45(65)58-35(52(67)68)21-29-12-6-3-7-13-29/h3-19,23-27,34-35,41-42H,20-22,55H2,1-2H3,(H2,54,64)(H,57,66)(H,58,65)(H,67,68)(H,69,70). The Labute approximate surface area is 454 Å². The molecule has 0 radical (unpaired) electrons. The van der Waals surface area contributed by atoms with Crippen molar-refractivity contribution in [3.63, 3.8) is 0 Å². The van der Waals surface area contributed by atoms with Crippen LogP contribution in [0.4, 0.5) is 0 Å². The average Bonchev–Trinajstić information content (AvgIpc) is 4.30. The monoisotopic (exact) mass is 1110 g/mol. The van der Waals surface area contributed by atoms with Gasteiger partial charge in [0.25, 0.3) is 11.8 Å². The number of oxazole rings is 1. The molecule has 3 aromatic carbocycles. The molecule has 24 heteroatoms.